The predicted octanol–water partition coefficient (Wildman–Crippen LogP) is 3.01. The van der Waals surface area contributed by atoms with Crippen molar-refractivity contribution in [2.45, 2.75) is 29.7 Å². The van der Waals surface area contributed by atoms with Crippen molar-refractivity contribution in [2.24, 2.45) is 5.92 Å². The molecule has 3 rings (SSSR count). The molecular weight excluding hydrogens is 316 g/mol. The van der Waals surface area contributed by atoms with E-state index in [-0.39, 0.29) is 17.9 Å². The number of carbonyl (C=O) groups excluding carboxylic acids is 1. The Labute approximate surface area is 138 Å². The molecule has 1 saturated carbocycles. The number of carbonyl (C=O) groups is 1. The SMILES string of the molecule is CN(CC1CCCC1O)C(=O)CSc1nc2ccccc2s1. The van der Waals surface area contributed by atoms with Crippen LogP contribution in [-0.2, 0) is 4.79 Å². The molecule has 1 aromatic carbocycles. The van der Waals surface area contributed by atoms with Gasteiger partial charge in [-0.3, -0.25) is 4.79 Å². The Balaban J connectivity index is 1.52. The molecular formula is C16H20N2O2S2. The van der Waals surface area contributed by atoms with Gasteiger partial charge in [-0.1, -0.05) is 30.3 Å². The lowest BCUT2D eigenvalue weighted by molar-refractivity contribution is -0.127. The van der Waals surface area contributed by atoms with Gasteiger partial charge in [0.15, 0.2) is 4.34 Å². The van der Waals surface area contributed by atoms with Crippen LogP contribution in [0.2, 0.25) is 0 Å². The lowest BCUT2D eigenvalue weighted by Gasteiger charge is -2.23. The number of hydrogen-bond acceptors (Lipinski definition) is 5. The van der Waals surface area contributed by atoms with Crippen LogP contribution in [0.1, 0.15) is 19.3 Å². The van der Waals surface area contributed by atoms with Gasteiger partial charge in [0.05, 0.1) is 22.1 Å². The Kier molecular flexibility index (Phi) is 5.00. The molecule has 0 spiro atoms. The minimum Gasteiger partial charge on any atom is -0.393 e. The summed E-state index contributed by atoms with van der Waals surface area (Å²) < 4.78 is 2.09. The highest BCUT2D eigenvalue weighted by Gasteiger charge is 2.27. The van der Waals surface area contributed by atoms with Crippen molar-refractivity contribution in [2.75, 3.05) is 19.3 Å². The minimum atomic E-state index is -0.243. The van der Waals surface area contributed by atoms with E-state index in [2.05, 4.69) is 4.98 Å². The third kappa shape index (κ3) is 3.62. The number of nitrogens with zero attached hydrogens (tertiary/aromatic N) is 2. The maximum atomic E-state index is 12.2. The monoisotopic (exact) mass is 336 g/mol. The van der Waals surface area contributed by atoms with Crippen molar-refractivity contribution in [1.82, 2.24) is 9.88 Å². The van der Waals surface area contributed by atoms with E-state index in [1.165, 1.54) is 11.8 Å². The number of thioether (sulfide) groups is 1. The molecule has 1 amide bonds. The summed E-state index contributed by atoms with van der Waals surface area (Å²) >= 11 is 3.12. The number of para-hydroxylation sites is 1. The molecule has 118 valence electrons. The van der Waals surface area contributed by atoms with Gasteiger partial charge in [-0.2, -0.15) is 0 Å². The standard InChI is InChI=1S/C16H20N2O2S2/c1-18(9-11-5-4-7-13(11)19)15(20)10-21-16-17-12-6-2-3-8-14(12)22-16/h2-3,6,8,11,13,19H,4-5,7,9-10H2,1H3. The third-order valence-corrected chi connectivity index (χ3v) is 6.31. The zero-order chi connectivity index (χ0) is 15.5. The average molecular weight is 336 g/mol. The van der Waals surface area contributed by atoms with Crippen LogP contribution in [0.3, 0.4) is 0 Å². The average Bonchev–Trinajstić information content (AvgIpc) is 3.10. The van der Waals surface area contributed by atoms with E-state index in [9.17, 15) is 9.90 Å². The van der Waals surface area contributed by atoms with E-state index < -0.39 is 0 Å². The van der Waals surface area contributed by atoms with E-state index in [1.807, 2.05) is 31.3 Å². The van der Waals surface area contributed by atoms with Gasteiger partial charge in [0.2, 0.25) is 5.91 Å². The Morgan fingerprint density at radius 1 is 1.45 bits per heavy atom. The van der Waals surface area contributed by atoms with E-state index in [1.54, 1.807) is 16.2 Å². The van der Waals surface area contributed by atoms with Crippen LogP contribution in [0.5, 0.6) is 0 Å². The summed E-state index contributed by atoms with van der Waals surface area (Å²) in [6.07, 6.45) is 2.71. The number of hydrogen-bond donors (Lipinski definition) is 1. The molecule has 1 aromatic heterocycles. The predicted molar refractivity (Wildman–Crippen MR) is 91.3 cm³/mol. The molecule has 22 heavy (non-hydrogen) atoms. The van der Waals surface area contributed by atoms with Crippen LogP contribution < -0.4 is 0 Å². The summed E-state index contributed by atoms with van der Waals surface area (Å²) in [7, 11) is 1.83. The first-order valence-corrected chi connectivity index (χ1v) is 9.34. The number of aliphatic hydroxyl groups is 1. The summed E-state index contributed by atoms with van der Waals surface area (Å²) in [6.45, 7) is 0.653. The van der Waals surface area contributed by atoms with Gasteiger partial charge in [-0.15, -0.1) is 11.3 Å². The van der Waals surface area contributed by atoms with Crippen molar-refractivity contribution in [3.05, 3.63) is 24.3 Å². The van der Waals surface area contributed by atoms with Crippen LogP contribution in [0.4, 0.5) is 0 Å². The molecule has 6 heteroatoms. The number of aromatic nitrogens is 1. The van der Waals surface area contributed by atoms with E-state index >= 15 is 0 Å². The van der Waals surface area contributed by atoms with Crippen LogP contribution in [-0.4, -0.2) is 46.3 Å². The zero-order valence-electron chi connectivity index (χ0n) is 12.6. The molecule has 0 saturated heterocycles. The summed E-state index contributed by atoms with van der Waals surface area (Å²) in [5.41, 5.74) is 0.991. The molecule has 1 N–H and O–H groups in total. The van der Waals surface area contributed by atoms with Crippen LogP contribution >= 0.6 is 23.1 Å². The van der Waals surface area contributed by atoms with Gasteiger partial charge in [-0.25, -0.2) is 4.98 Å². The molecule has 0 aliphatic heterocycles. The quantitative estimate of drug-likeness (QED) is 0.853. The van der Waals surface area contributed by atoms with Crippen molar-refractivity contribution in [3.8, 4) is 0 Å². The minimum absolute atomic E-state index is 0.100. The molecule has 1 heterocycles. The van der Waals surface area contributed by atoms with Gasteiger partial charge < -0.3 is 10.0 Å². The first-order chi connectivity index (χ1) is 10.6. The van der Waals surface area contributed by atoms with Gasteiger partial charge in [0.25, 0.3) is 0 Å². The van der Waals surface area contributed by atoms with Crippen LogP contribution in [0.25, 0.3) is 10.2 Å². The fourth-order valence-electron chi connectivity index (χ4n) is 2.83. The number of thiazole rings is 1. The molecule has 0 bridgehead atoms. The second-order valence-electron chi connectivity index (χ2n) is 5.77. The Hall–Kier alpha value is -1.11. The summed E-state index contributed by atoms with van der Waals surface area (Å²) in [5.74, 6) is 0.740. The second-order valence-corrected chi connectivity index (χ2v) is 8.02. The van der Waals surface area contributed by atoms with Gasteiger partial charge in [-0.05, 0) is 25.0 Å². The molecule has 0 radical (unpaired) electrons. The van der Waals surface area contributed by atoms with E-state index in [0.717, 1.165) is 33.8 Å². The molecule has 2 aromatic rings. The number of benzene rings is 1. The van der Waals surface area contributed by atoms with Gasteiger partial charge >= 0.3 is 0 Å². The van der Waals surface area contributed by atoms with Gasteiger partial charge in [0.1, 0.15) is 0 Å². The molecule has 1 fully saturated rings. The van der Waals surface area contributed by atoms with E-state index in [4.69, 9.17) is 0 Å². The summed E-state index contributed by atoms with van der Waals surface area (Å²) in [4.78, 5) is 18.5. The molecule has 4 nitrogen and oxygen atoms in total. The zero-order valence-corrected chi connectivity index (χ0v) is 14.2. The smallest absolute Gasteiger partial charge is 0.232 e. The van der Waals surface area contributed by atoms with Crippen LogP contribution in [0, 0.1) is 5.92 Å². The highest BCUT2D eigenvalue weighted by Crippen LogP contribution is 2.30. The third-order valence-electron chi connectivity index (χ3n) is 4.15. The van der Waals surface area contributed by atoms with Crippen molar-refractivity contribution in [3.63, 3.8) is 0 Å². The topological polar surface area (TPSA) is 53.4 Å². The number of rotatable bonds is 5. The van der Waals surface area contributed by atoms with E-state index in [0.29, 0.717) is 12.3 Å². The Morgan fingerprint density at radius 3 is 3.00 bits per heavy atom. The normalized spacial score (nSPS) is 21.4. The lowest BCUT2D eigenvalue weighted by atomic mass is 10.1. The Morgan fingerprint density at radius 2 is 2.27 bits per heavy atom. The van der Waals surface area contributed by atoms with Crippen molar-refractivity contribution >= 4 is 39.2 Å². The second kappa shape index (κ2) is 6.98. The van der Waals surface area contributed by atoms with Crippen molar-refractivity contribution < 1.29 is 9.90 Å². The van der Waals surface area contributed by atoms with Gasteiger partial charge in [0, 0.05) is 19.5 Å². The first-order valence-electron chi connectivity index (χ1n) is 7.54. The summed E-state index contributed by atoms with van der Waals surface area (Å²) in [5, 5.41) is 9.86. The van der Waals surface area contributed by atoms with Crippen molar-refractivity contribution in [1.29, 1.82) is 0 Å². The molecule has 2 unspecified atom stereocenters. The number of aliphatic hydroxyl groups excluding tert-OH is 1. The summed E-state index contributed by atoms with van der Waals surface area (Å²) in [6, 6.07) is 8.01. The number of amides is 1. The lowest BCUT2D eigenvalue weighted by Crippen LogP contribution is -2.35. The first kappa shape index (κ1) is 15.8. The largest absolute Gasteiger partial charge is 0.393 e. The highest BCUT2D eigenvalue weighted by atomic mass is 32.2. The maximum absolute atomic E-state index is 12.2. The fourth-order valence-corrected chi connectivity index (χ4v) is 4.84. The molecule has 1 aliphatic carbocycles. The maximum Gasteiger partial charge on any atom is 0.232 e. The number of fused-ring (bicyclic) bond motifs is 1. The molecule has 1 aliphatic rings. The fraction of sp³-hybridized carbons (Fsp3) is 0.500. The highest BCUT2D eigenvalue weighted by molar-refractivity contribution is 8.01. The molecule has 2 atom stereocenters. The van der Waals surface area contributed by atoms with Crippen LogP contribution in [0.15, 0.2) is 28.6 Å². The Bertz CT molecular complexity index is 625.